The standard InChI is InChI=1S/C24H30ClN5O3/c25-19-6-4-18(5-7-19)10-12-30-13-11-21(17-30)28-22-16-26-20(15-27-22)8-9-23(31)29-33-24-3-1-2-14-32-24/h4-9,15-16,21,24H,1-3,10-14,17H2,(H,27,28)(H,29,31)/b9-8+/t21-,24?/m1/s1. The van der Waals surface area contributed by atoms with E-state index in [1.54, 1.807) is 18.5 Å². The van der Waals surface area contributed by atoms with Crippen LogP contribution < -0.4 is 10.8 Å². The summed E-state index contributed by atoms with van der Waals surface area (Å²) in [6.45, 7) is 3.72. The first-order valence-corrected chi connectivity index (χ1v) is 11.8. The van der Waals surface area contributed by atoms with Gasteiger partial charge in [-0.15, -0.1) is 0 Å². The normalized spacial score (nSPS) is 21.4. The van der Waals surface area contributed by atoms with Gasteiger partial charge in [0.05, 0.1) is 18.1 Å². The van der Waals surface area contributed by atoms with Gasteiger partial charge < -0.3 is 15.0 Å². The third kappa shape index (κ3) is 7.78. The Kier molecular flexibility index (Phi) is 8.65. The fourth-order valence-electron chi connectivity index (χ4n) is 3.92. The Morgan fingerprint density at radius 3 is 2.85 bits per heavy atom. The minimum Gasteiger partial charge on any atom is -0.365 e. The number of hydrogen-bond acceptors (Lipinski definition) is 7. The zero-order chi connectivity index (χ0) is 22.9. The number of halogens is 1. The molecule has 0 bridgehead atoms. The summed E-state index contributed by atoms with van der Waals surface area (Å²) in [6.07, 6.45) is 10.9. The van der Waals surface area contributed by atoms with E-state index in [1.807, 2.05) is 12.1 Å². The van der Waals surface area contributed by atoms with Crippen LogP contribution in [0.15, 0.2) is 42.7 Å². The molecule has 2 aromatic rings. The Hall–Kier alpha value is -2.52. The first kappa shape index (κ1) is 23.6. The molecule has 33 heavy (non-hydrogen) atoms. The highest BCUT2D eigenvalue weighted by molar-refractivity contribution is 6.30. The number of hydrogen-bond donors (Lipinski definition) is 2. The van der Waals surface area contributed by atoms with Gasteiger partial charge in [-0.05, 0) is 49.5 Å². The van der Waals surface area contributed by atoms with Crippen molar-refractivity contribution in [1.82, 2.24) is 20.3 Å². The molecule has 2 fully saturated rings. The molecule has 2 atom stereocenters. The van der Waals surface area contributed by atoms with Crippen molar-refractivity contribution in [1.29, 1.82) is 0 Å². The smallest absolute Gasteiger partial charge is 0.267 e. The highest BCUT2D eigenvalue weighted by atomic mass is 35.5. The quantitative estimate of drug-likeness (QED) is 0.427. The van der Waals surface area contributed by atoms with Gasteiger partial charge in [-0.1, -0.05) is 23.7 Å². The van der Waals surface area contributed by atoms with E-state index in [0.717, 1.165) is 62.6 Å². The Morgan fingerprint density at radius 2 is 2.09 bits per heavy atom. The number of aromatic nitrogens is 2. The molecule has 176 valence electrons. The SMILES string of the molecule is O=C(/C=C/c1cnc(N[C@@H]2CCN(CCc3ccc(Cl)cc3)C2)cn1)NOC1CCCCO1. The lowest BCUT2D eigenvalue weighted by Gasteiger charge is -2.21. The van der Waals surface area contributed by atoms with E-state index >= 15 is 0 Å². The third-order valence-electron chi connectivity index (χ3n) is 5.76. The van der Waals surface area contributed by atoms with Crippen molar-refractivity contribution in [2.75, 3.05) is 31.6 Å². The van der Waals surface area contributed by atoms with Gasteiger partial charge in [0.15, 0.2) is 6.29 Å². The molecule has 0 aliphatic carbocycles. The molecule has 0 spiro atoms. The molecule has 1 amide bonds. The lowest BCUT2D eigenvalue weighted by molar-refractivity contribution is -0.198. The highest BCUT2D eigenvalue weighted by Crippen LogP contribution is 2.16. The molecular weight excluding hydrogens is 442 g/mol. The number of likely N-dealkylation sites (tertiary alicyclic amines) is 1. The number of ether oxygens (including phenoxy) is 1. The van der Waals surface area contributed by atoms with Crippen molar-refractivity contribution in [2.45, 2.75) is 44.4 Å². The Morgan fingerprint density at radius 1 is 1.21 bits per heavy atom. The summed E-state index contributed by atoms with van der Waals surface area (Å²) in [6, 6.07) is 8.39. The summed E-state index contributed by atoms with van der Waals surface area (Å²) < 4.78 is 5.41. The molecule has 1 aromatic carbocycles. The molecule has 0 radical (unpaired) electrons. The van der Waals surface area contributed by atoms with Crippen LogP contribution in [0, 0.1) is 0 Å². The molecule has 4 rings (SSSR count). The van der Waals surface area contributed by atoms with Crippen LogP contribution in [0.1, 0.15) is 36.9 Å². The number of hydroxylamine groups is 1. The Balaban J connectivity index is 1.16. The first-order chi connectivity index (χ1) is 16.1. The fraction of sp³-hybridized carbons (Fsp3) is 0.458. The lowest BCUT2D eigenvalue weighted by Crippen LogP contribution is -2.32. The van der Waals surface area contributed by atoms with Crippen LogP contribution >= 0.6 is 11.6 Å². The van der Waals surface area contributed by atoms with Crippen molar-refractivity contribution in [3.63, 3.8) is 0 Å². The van der Waals surface area contributed by atoms with Crippen molar-refractivity contribution < 1.29 is 14.4 Å². The molecule has 3 heterocycles. The number of anilines is 1. The van der Waals surface area contributed by atoms with Gasteiger partial charge in [-0.25, -0.2) is 15.3 Å². The Labute approximate surface area is 199 Å². The maximum Gasteiger partial charge on any atom is 0.267 e. The lowest BCUT2D eigenvalue weighted by atomic mass is 10.1. The molecule has 9 heteroatoms. The van der Waals surface area contributed by atoms with Gasteiger partial charge in [0.1, 0.15) is 5.82 Å². The van der Waals surface area contributed by atoms with Crippen molar-refractivity contribution >= 4 is 29.4 Å². The predicted octanol–water partition coefficient (Wildman–Crippen LogP) is 3.45. The van der Waals surface area contributed by atoms with E-state index < -0.39 is 0 Å². The molecule has 2 saturated heterocycles. The topological polar surface area (TPSA) is 88.6 Å². The van der Waals surface area contributed by atoms with Gasteiger partial charge in [0.2, 0.25) is 0 Å². The maximum absolute atomic E-state index is 11.9. The summed E-state index contributed by atoms with van der Waals surface area (Å²) in [5, 5.41) is 4.23. The van der Waals surface area contributed by atoms with Crippen LogP contribution in [-0.2, 0) is 20.8 Å². The summed E-state index contributed by atoms with van der Waals surface area (Å²) in [5.74, 6) is 0.372. The van der Waals surface area contributed by atoms with E-state index in [4.69, 9.17) is 21.2 Å². The van der Waals surface area contributed by atoms with Crippen LogP contribution in [0.5, 0.6) is 0 Å². The second-order valence-electron chi connectivity index (χ2n) is 8.35. The second kappa shape index (κ2) is 12.1. The zero-order valence-corrected chi connectivity index (χ0v) is 19.3. The molecule has 2 aliphatic heterocycles. The van der Waals surface area contributed by atoms with Gasteiger partial charge >= 0.3 is 0 Å². The largest absolute Gasteiger partial charge is 0.365 e. The van der Waals surface area contributed by atoms with Crippen LogP contribution in [0.2, 0.25) is 5.02 Å². The third-order valence-corrected chi connectivity index (χ3v) is 6.01. The Bertz CT molecular complexity index is 917. The summed E-state index contributed by atoms with van der Waals surface area (Å²) in [7, 11) is 0. The van der Waals surface area contributed by atoms with E-state index in [-0.39, 0.29) is 12.2 Å². The molecule has 2 aliphatic rings. The molecule has 1 unspecified atom stereocenters. The number of carbonyl (C=O) groups is 1. The molecule has 0 saturated carbocycles. The number of amides is 1. The minimum atomic E-state index is -0.370. The first-order valence-electron chi connectivity index (χ1n) is 11.4. The number of nitrogens with zero attached hydrogens (tertiary/aromatic N) is 3. The molecule has 2 N–H and O–H groups in total. The average Bonchev–Trinajstić information content (AvgIpc) is 3.30. The fourth-order valence-corrected chi connectivity index (χ4v) is 4.05. The number of benzene rings is 1. The average molecular weight is 472 g/mol. The molecule has 1 aromatic heterocycles. The number of rotatable bonds is 9. The van der Waals surface area contributed by atoms with Gasteiger partial charge in [0.25, 0.3) is 5.91 Å². The van der Waals surface area contributed by atoms with Crippen LogP contribution in [-0.4, -0.2) is 59.3 Å². The number of nitrogens with one attached hydrogen (secondary N) is 2. The van der Waals surface area contributed by atoms with E-state index in [2.05, 4.69) is 37.8 Å². The van der Waals surface area contributed by atoms with Crippen molar-refractivity contribution in [2.24, 2.45) is 0 Å². The van der Waals surface area contributed by atoms with Crippen LogP contribution in [0.25, 0.3) is 6.08 Å². The maximum atomic E-state index is 11.9. The van der Waals surface area contributed by atoms with Crippen LogP contribution in [0.3, 0.4) is 0 Å². The van der Waals surface area contributed by atoms with Gasteiger partial charge in [-0.2, -0.15) is 0 Å². The summed E-state index contributed by atoms with van der Waals surface area (Å²) in [5.41, 5.74) is 4.28. The molecular formula is C24H30ClN5O3. The van der Waals surface area contributed by atoms with E-state index in [0.29, 0.717) is 18.3 Å². The number of carbonyl (C=O) groups excluding carboxylic acids is 1. The summed E-state index contributed by atoms with van der Waals surface area (Å²) in [4.78, 5) is 28.4. The zero-order valence-electron chi connectivity index (χ0n) is 18.6. The monoisotopic (exact) mass is 471 g/mol. The van der Waals surface area contributed by atoms with Gasteiger partial charge in [-0.3, -0.25) is 9.78 Å². The van der Waals surface area contributed by atoms with E-state index in [9.17, 15) is 4.79 Å². The van der Waals surface area contributed by atoms with Gasteiger partial charge in [0, 0.05) is 49.8 Å². The van der Waals surface area contributed by atoms with Crippen molar-refractivity contribution in [3.05, 3.63) is 59.0 Å². The van der Waals surface area contributed by atoms with E-state index in [1.165, 1.54) is 11.6 Å². The van der Waals surface area contributed by atoms with Crippen molar-refractivity contribution in [3.8, 4) is 0 Å². The summed E-state index contributed by atoms with van der Waals surface area (Å²) >= 11 is 5.96. The van der Waals surface area contributed by atoms with Crippen LogP contribution in [0.4, 0.5) is 5.82 Å². The second-order valence-corrected chi connectivity index (χ2v) is 8.78. The molecule has 8 nitrogen and oxygen atoms in total. The minimum absolute atomic E-state index is 0.343. The highest BCUT2D eigenvalue weighted by Gasteiger charge is 2.22. The predicted molar refractivity (Wildman–Crippen MR) is 128 cm³/mol.